The van der Waals surface area contributed by atoms with Crippen LogP contribution in [0.2, 0.25) is 0 Å². The van der Waals surface area contributed by atoms with Crippen molar-refractivity contribution in [2.45, 2.75) is 32.4 Å². The van der Waals surface area contributed by atoms with E-state index < -0.39 is 0 Å². The summed E-state index contributed by atoms with van der Waals surface area (Å²) in [5.74, 6) is 1.76. The van der Waals surface area contributed by atoms with Crippen LogP contribution < -0.4 is 19.3 Å². The lowest BCUT2D eigenvalue weighted by Crippen LogP contribution is -2.33. The molecule has 4 aromatic rings. The fraction of sp³-hybridized carbons (Fsp3) is 0.212. The Kier molecular flexibility index (Phi) is 6.09. The molecule has 0 fully saturated rings. The third-order valence-electron chi connectivity index (χ3n) is 7.77. The molecule has 39 heavy (non-hydrogen) atoms. The van der Waals surface area contributed by atoms with Crippen LogP contribution in [0.3, 0.4) is 0 Å². The number of hydrogen-bond acceptors (Lipinski definition) is 6. The standard InChI is InChI=1S/C33H28N4O2/c1-33(2,27-11-13-31-25(15-27)19-36(21-38-31)29-9-5-3-7-23(29)17-34)28-12-14-32-26(16-28)20-37(22-39-32)30-10-6-4-8-24(30)18-35/h3-16H,19-22H2,1-2H3. The van der Waals surface area contributed by atoms with Crippen molar-refractivity contribution in [2.24, 2.45) is 0 Å². The number of nitriles is 2. The minimum Gasteiger partial charge on any atom is -0.473 e. The van der Waals surface area contributed by atoms with Crippen LogP contribution in [0.1, 0.15) is 47.2 Å². The zero-order chi connectivity index (χ0) is 27.0. The number of fused-ring (bicyclic) bond motifs is 2. The van der Waals surface area contributed by atoms with Crippen molar-refractivity contribution in [2.75, 3.05) is 23.3 Å². The van der Waals surface area contributed by atoms with E-state index in [2.05, 4.69) is 72.2 Å². The first kappa shape index (κ1) is 24.4. The summed E-state index contributed by atoms with van der Waals surface area (Å²) in [5.41, 5.74) is 7.34. The molecule has 0 atom stereocenters. The lowest BCUT2D eigenvalue weighted by molar-refractivity contribution is 0.288. The predicted molar refractivity (Wildman–Crippen MR) is 151 cm³/mol. The Morgan fingerprint density at radius 2 is 1.08 bits per heavy atom. The first-order chi connectivity index (χ1) is 19.0. The fourth-order valence-corrected chi connectivity index (χ4v) is 5.43. The van der Waals surface area contributed by atoms with E-state index in [4.69, 9.17) is 9.47 Å². The summed E-state index contributed by atoms with van der Waals surface area (Å²) in [6.45, 7) is 6.62. The molecular formula is C33H28N4O2. The van der Waals surface area contributed by atoms with Gasteiger partial charge >= 0.3 is 0 Å². The Morgan fingerprint density at radius 1 is 0.641 bits per heavy atom. The van der Waals surface area contributed by atoms with Crippen LogP contribution in [0.25, 0.3) is 0 Å². The van der Waals surface area contributed by atoms with Gasteiger partial charge in [0.2, 0.25) is 0 Å². The van der Waals surface area contributed by atoms with Gasteiger partial charge in [-0.25, -0.2) is 0 Å². The van der Waals surface area contributed by atoms with Crippen LogP contribution >= 0.6 is 0 Å². The van der Waals surface area contributed by atoms with Crippen molar-refractivity contribution in [3.05, 3.63) is 118 Å². The average molecular weight is 513 g/mol. The van der Waals surface area contributed by atoms with E-state index >= 15 is 0 Å². The van der Waals surface area contributed by atoms with Crippen LogP contribution in [-0.4, -0.2) is 13.5 Å². The second-order valence-corrected chi connectivity index (χ2v) is 10.5. The van der Waals surface area contributed by atoms with Gasteiger partial charge in [0.25, 0.3) is 0 Å². The quantitative estimate of drug-likeness (QED) is 0.312. The van der Waals surface area contributed by atoms with E-state index in [1.54, 1.807) is 0 Å². The number of ether oxygens (including phenoxy) is 2. The second kappa shape index (κ2) is 9.74. The third kappa shape index (κ3) is 4.41. The molecule has 2 aliphatic heterocycles. The minimum atomic E-state index is -0.274. The van der Waals surface area contributed by atoms with Crippen molar-refractivity contribution < 1.29 is 9.47 Å². The Labute approximate surface area is 228 Å². The van der Waals surface area contributed by atoms with Gasteiger partial charge in [-0.3, -0.25) is 0 Å². The summed E-state index contributed by atoms with van der Waals surface area (Å²) in [6.07, 6.45) is 0. The van der Waals surface area contributed by atoms with Crippen molar-refractivity contribution in [3.8, 4) is 23.6 Å². The molecule has 0 bridgehead atoms. The Balaban J connectivity index is 1.29. The molecule has 6 nitrogen and oxygen atoms in total. The Bertz CT molecular complexity index is 1530. The summed E-state index contributed by atoms with van der Waals surface area (Å²) in [7, 11) is 0. The van der Waals surface area contributed by atoms with Crippen LogP contribution in [0, 0.1) is 22.7 Å². The van der Waals surface area contributed by atoms with E-state index in [1.807, 2.05) is 48.5 Å². The molecule has 0 aromatic heterocycles. The maximum Gasteiger partial charge on any atom is 0.161 e. The first-order valence-corrected chi connectivity index (χ1v) is 13.0. The molecule has 4 aromatic carbocycles. The van der Waals surface area contributed by atoms with Gasteiger partial charge in [-0.2, -0.15) is 10.5 Å². The first-order valence-electron chi connectivity index (χ1n) is 13.0. The number of hydrogen-bond donors (Lipinski definition) is 0. The van der Waals surface area contributed by atoms with Gasteiger partial charge in [-0.1, -0.05) is 50.2 Å². The highest BCUT2D eigenvalue weighted by molar-refractivity contribution is 5.62. The summed E-state index contributed by atoms with van der Waals surface area (Å²) < 4.78 is 12.2. The van der Waals surface area contributed by atoms with E-state index in [1.165, 1.54) is 11.1 Å². The van der Waals surface area contributed by atoms with Gasteiger partial charge in [-0.05, 0) is 59.7 Å². The van der Waals surface area contributed by atoms with Gasteiger partial charge in [0.15, 0.2) is 13.5 Å². The number of nitrogens with zero attached hydrogens (tertiary/aromatic N) is 4. The van der Waals surface area contributed by atoms with Gasteiger partial charge < -0.3 is 19.3 Å². The Morgan fingerprint density at radius 3 is 1.51 bits per heavy atom. The molecule has 2 heterocycles. The smallest absolute Gasteiger partial charge is 0.161 e. The van der Waals surface area contributed by atoms with Crippen LogP contribution in [0.4, 0.5) is 11.4 Å². The maximum absolute atomic E-state index is 9.57. The predicted octanol–water partition coefficient (Wildman–Crippen LogP) is 6.47. The minimum absolute atomic E-state index is 0.274. The molecule has 0 spiro atoms. The van der Waals surface area contributed by atoms with Crippen LogP contribution in [0.5, 0.6) is 11.5 Å². The van der Waals surface area contributed by atoms with Crippen molar-refractivity contribution in [3.63, 3.8) is 0 Å². The molecule has 192 valence electrons. The summed E-state index contributed by atoms with van der Waals surface area (Å²) >= 11 is 0. The summed E-state index contributed by atoms with van der Waals surface area (Å²) in [4.78, 5) is 4.20. The highest BCUT2D eigenvalue weighted by Crippen LogP contribution is 2.39. The highest BCUT2D eigenvalue weighted by Gasteiger charge is 2.29. The molecule has 2 aliphatic rings. The van der Waals surface area contributed by atoms with Crippen molar-refractivity contribution >= 4 is 11.4 Å². The number of rotatable bonds is 4. The maximum atomic E-state index is 9.57. The monoisotopic (exact) mass is 512 g/mol. The van der Waals surface area contributed by atoms with Gasteiger partial charge in [0.05, 0.1) is 22.5 Å². The van der Waals surface area contributed by atoms with Gasteiger partial charge in [0.1, 0.15) is 23.6 Å². The molecular weight excluding hydrogens is 484 g/mol. The molecule has 0 N–H and O–H groups in total. The van der Waals surface area contributed by atoms with Crippen molar-refractivity contribution in [1.82, 2.24) is 0 Å². The van der Waals surface area contributed by atoms with E-state index in [0.29, 0.717) is 37.7 Å². The SMILES string of the molecule is CC(C)(c1ccc2c(c1)CN(c1ccccc1C#N)CO2)c1ccc2c(c1)CN(c1ccccc1C#N)CO2. The molecule has 0 unspecified atom stereocenters. The zero-order valence-corrected chi connectivity index (χ0v) is 22.0. The molecule has 0 saturated heterocycles. The largest absolute Gasteiger partial charge is 0.473 e. The molecule has 0 aliphatic carbocycles. The molecule has 0 saturated carbocycles. The molecule has 0 amide bonds. The summed E-state index contributed by atoms with van der Waals surface area (Å²) in [6, 6.07) is 32.7. The normalized spacial score (nSPS) is 14.3. The van der Waals surface area contributed by atoms with Gasteiger partial charge in [-0.15, -0.1) is 0 Å². The van der Waals surface area contributed by atoms with E-state index in [9.17, 15) is 10.5 Å². The number of benzene rings is 4. The van der Waals surface area contributed by atoms with Crippen LogP contribution in [-0.2, 0) is 18.5 Å². The topological polar surface area (TPSA) is 72.5 Å². The van der Waals surface area contributed by atoms with Crippen LogP contribution in [0.15, 0.2) is 84.9 Å². The molecule has 6 rings (SSSR count). The fourth-order valence-electron chi connectivity index (χ4n) is 5.43. The lowest BCUT2D eigenvalue weighted by atomic mass is 9.77. The Hall–Kier alpha value is -4.94. The second-order valence-electron chi connectivity index (χ2n) is 10.5. The highest BCUT2D eigenvalue weighted by atomic mass is 16.5. The van der Waals surface area contributed by atoms with Gasteiger partial charge in [0, 0.05) is 29.6 Å². The third-order valence-corrected chi connectivity index (χ3v) is 7.77. The van der Waals surface area contributed by atoms with E-state index in [-0.39, 0.29) is 5.41 Å². The number of anilines is 2. The lowest BCUT2D eigenvalue weighted by Gasteiger charge is -2.34. The summed E-state index contributed by atoms with van der Waals surface area (Å²) in [5, 5.41) is 19.1. The average Bonchev–Trinajstić information content (AvgIpc) is 2.99. The zero-order valence-electron chi connectivity index (χ0n) is 22.0. The number of para-hydroxylation sites is 2. The molecule has 0 radical (unpaired) electrons. The molecule has 6 heteroatoms. The van der Waals surface area contributed by atoms with Crippen molar-refractivity contribution in [1.29, 1.82) is 10.5 Å². The van der Waals surface area contributed by atoms with E-state index in [0.717, 1.165) is 34.0 Å².